The Bertz CT molecular complexity index is 287. The van der Waals surface area contributed by atoms with Gasteiger partial charge in [0, 0.05) is 19.5 Å². The molecule has 0 radical (unpaired) electrons. The van der Waals surface area contributed by atoms with Gasteiger partial charge in [-0.05, 0) is 12.1 Å². The monoisotopic (exact) mass is 188 g/mol. The molecule has 0 fully saturated rings. The Hall–Kier alpha value is -1.33. The Kier molecular flexibility index (Phi) is 4.74. The van der Waals surface area contributed by atoms with E-state index in [0.717, 1.165) is 19.6 Å². The number of nitriles is 1. The maximum absolute atomic E-state index is 8.50. The molecule has 0 saturated heterocycles. The van der Waals surface area contributed by atoms with Crippen molar-refractivity contribution in [3.05, 3.63) is 35.9 Å². The SMILES string of the molecule is CCN(CCC#N)Cc1ccccc1. The third kappa shape index (κ3) is 3.59. The molecule has 0 saturated carbocycles. The van der Waals surface area contributed by atoms with E-state index in [1.54, 1.807) is 0 Å². The summed E-state index contributed by atoms with van der Waals surface area (Å²) in [6.45, 7) is 4.93. The first-order valence-electron chi connectivity index (χ1n) is 5.00. The van der Waals surface area contributed by atoms with Gasteiger partial charge < -0.3 is 0 Å². The van der Waals surface area contributed by atoms with Crippen LogP contribution in [0, 0.1) is 11.3 Å². The number of hydrogen-bond donors (Lipinski definition) is 0. The van der Waals surface area contributed by atoms with Crippen LogP contribution in [0.15, 0.2) is 30.3 Å². The van der Waals surface area contributed by atoms with Crippen molar-refractivity contribution in [3.63, 3.8) is 0 Å². The molecule has 74 valence electrons. The van der Waals surface area contributed by atoms with E-state index >= 15 is 0 Å². The van der Waals surface area contributed by atoms with Gasteiger partial charge in [0.1, 0.15) is 0 Å². The second-order valence-corrected chi connectivity index (χ2v) is 3.26. The molecule has 0 bridgehead atoms. The van der Waals surface area contributed by atoms with Gasteiger partial charge in [-0.2, -0.15) is 5.26 Å². The topological polar surface area (TPSA) is 27.0 Å². The van der Waals surface area contributed by atoms with Crippen molar-refractivity contribution in [2.24, 2.45) is 0 Å². The van der Waals surface area contributed by atoms with Crippen molar-refractivity contribution in [1.82, 2.24) is 4.90 Å². The lowest BCUT2D eigenvalue weighted by molar-refractivity contribution is 0.287. The van der Waals surface area contributed by atoms with Gasteiger partial charge in [-0.3, -0.25) is 4.90 Å². The van der Waals surface area contributed by atoms with Gasteiger partial charge in [0.2, 0.25) is 0 Å². The zero-order valence-electron chi connectivity index (χ0n) is 8.61. The van der Waals surface area contributed by atoms with Gasteiger partial charge in [0.05, 0.1) is 6.07 Å². The summed E-state index contributed by atoms with van der Waals surface area (Å²) in [5.41, 5.74) is 1.31. The minimum Gasteiger partial charge on any atom is -0.298 e. The molecule has 0 aliphatic carbocycles. The van der Waals surface area contributed by atoms with E-state index in [0.29, 0.717) is 6.42 Å². The fourth-order valence-corrected chi connectivity index (χ4v) is 1.40. The highest BCUT2D eigenvalue weighted by Crippen LogP contribution is 2.04. The minimum absolute atomic E-state index is 0.612. The zero-order chi connectivity index (χ0) is 10.2. The molecular formula is C12H16N2. The van der Waals surface area contributed by atoms with Crippen molar-refractivity contribution < 1.29 is 0 Å². The molecule has 0 aliphatic rings. The van der Waals surface area contributed by atoms with Crippen molar-refractivity contribution in [3.8, 4) is 6.07 Å². The van der Waals surface area contributed by atoms with Crippen molar-refractivity contribution in [1.29, 1.82) is 5.26 Å². The fraction of sp³-hybridized carbons (Fsp3) is 0.417. The lowest BCUT2D eigenvalue weighted by atomic mass is 10.2. The van der Waals surface area contributed by atoms with Gasteiger partial charge in [-0.25, -0.2) is 0 Å². The second kappa shape index (κ2) is 6.17. The van der Waals surface area contributed by atoms with Crippen LogP contribution in [0.25, 0.3) is 0 Å². The fourth-order valence-electron chi connectivity index (χ4n) is 1.40. The summed E-state index contributed by atoms with van der Waals surface area (Å²) in [7, 11) is 0. The molecule has 0 spiro atoms. The van der Waals surface area contributed by atoms with Gasteiger partial charge in [-0.15, -0.1) is 0 Å². The Morgan fingerprint density at radius 3 is 2.57 bits per heavy atom. The Balaban J connectivity index is 2.45. The summed E-state index contributed by atoms with van der Waals surface area (Å²) in [6, 6.07) is 12.5. The second-order valence-electron chi connectivity index (χ2n) is 3.26. The van der Waals surface area contributed by atoms with E-state index in [1.165, 1.54) is 5.56 Å². The molecule has 0 atom stereocenters. The van der Waals surface area contributed by atoms with Crippen LogP contribution in [0.5, 0.6) is 0 Å². The van der Waals surface area contributed by atoms with Crippen molar-refractivity contribution in [2.75, 3.05) is 13.1 Å². The van der Waals surface area contributed by atoms with E-state index in [4.69, 9.17) is 5.26 Å². The lowest BCUT2D eigenvalue weighted by Gasteiger charge is -2.18. The summed E-state index contributed by atoms with van der Waals surface area (Å²) in [5, 5.41) is 8.50. The number of rotatable bonds is 5. The summed E-state index contributed by atoms with van der Waals surface area (Å²) in [6.07, 6.45) is 0.612. The predicted molar refractivity (Wildman–Crippen MR) is 57.6 cm³/mol. The Labute approximate surface area is 85.8 Å². The summed E-state index contributed by atoms with van der Waals surface area (Å²) in [5.74, 6) is 0. The molecule has 14 heavy (non-hydrogen) atoms. The quantitative estimate of drug-likeness (QED) is 0.709. The molecule has 1 rings (SSSR count). The molecule has 0 N–H and O–H groups in total. The van der Waals surface area contributed by atoms with Gasteiger partial charge in [-0.1, -0.05) is 37.3 Å². The average Bonchev–Trinajstić information content (AvgIpc) is 2.25. The number of benzene rings is 1. The van der Waals surface area contributed by atoms with Crippen LogP contribution >= 0.6 is 0 Å². The highest BCUT2D eigenvalue weighted by molar-refractivity contribution is 5.14. The standard InChI is InChI=1S/C12H16N2/c1-2-14(10-6-9-13)11-12-7-4-3-5-8-12/h3-5,7-8H,2,6,10-11H2,1H3. The molecule has 0 heterocycles. The lowest BCUT2D eigenvalue weighted by Crippen LogP contribution is -2.23. The average molecular weight is 188 g/mol. The van der Waals surface area contributed by atoms with Gasteiger partial charge in [0.15, 0.2) is 0 Å². The largest absolute Gasteiger partial charge is 0.298 e. The zero-order valence-corrected chi connectivity index (χ0v) is 8.61. The molecule has 1 aromatic carbocycles. The molecule has 2 nitrogen and oxygen atoms in total. The third-order valence-electron chi connectivity index (χ3n) is 2.24. The highest BCUT2D eigenvalue weighted by atomic mass is 15.1. The number of hydrogen-bond acceptors (Lipinski definition) is 2. The molecule has 0 amide bonds. The minimum atomic E-state index is 0.612. The van der Waals surface area contributed by atoms with E-state index in [-0.39, 0.29) is 0 Å². The van der Waals surface area contributed by atoms with Crippen LogP contribution in [-0.4, -0.2) is 18.0 Å². The van der Waals surface area contributed by atoms with Crippen LogP contribution in [-0.2, 0) is 6.54 Å². The van der Waals surface area contributed by atoms with E-state index in [1.807, 2.05) is 18.2 Å². The highest BCUT2D eigenvalue weighted by Gasteiger charge is 2.01. The normalized spacial score (nSPS) is 10.1. The summed E-state index contributed by atoms with van der Waals surface area (Å²) < 4.78 is 0. The van der Waals surface area contributed by atoms with Crippen LogP contribution in [0.2, 0.25) is 0 Å². The third-order valence-corrected chi connectivity index (χ3v) is 2.24. The van der Waals surface area contributed by atoms with Crippen molar-refractivity contribution >= 4 is 0 Å². The predicted octanol–water partition coefficient (Wildman–Crippen LogP) is 2.42. The smallest absolute Gasteiger partial charge is 0.0635 e. The van der Waals surface area contributed by atoms with Gasteiger partial charge >= 0.3 is 0 Å². The molecule has 2 heteroatoms. The van der Waals surface area contributed by atoms with E-state index < -0.39 is 0 Å². The summed E-state index contributed by atoms with van der Waals surface area (Å²) in [4.78, 5) is 2.28. The van der Waals surface area contributed by atoms with Crippen LogP contribution in [0.4, 0.5) is 0 Å². The number of nitrogens with zero attached hydrogens (tertiary/aromatic N) is 2. The molecule has 0 unspecified atom stereocenters. The maximum atomic E-state index is 8.50. The van der Waals surface area contributed by atoms with Crippen molar-refractivity contribution in [2.45, 2.75) is 19.9 Å². The van der Waals surface area contributed by atoms with Crippen LogP contribution in [0.3, 0.4) is 0 Å². The first-order chi connectivity index (χ1) is 6.86. The van der Waals surface area contributed by atoms with Crippen LogP contribution < -0.4 is 0 Å². The maximum Gasteiger partial charge on any atom is 0.0635 e. The Morgan fingerprint density at radius 1 is 1.29 bits per heavy atom. The molecule has 1 aromatic rings. The van der Waals surface area contributed by atoms with E-state index in [9.17, 15) is 0 Å². The van der Waals surface area contributed by atoms with Gasteiger partial charge in [0.25, 0.3) is 0 Å². The molecular weight excluding hydrogens is 172 g/mol. The molecule has 0 aromatic heterocycles. The first kappa shape index (κ1) is 10.7. The molecule has 0 aliphatic heterocycles. The van der Waals surface area contributed by atoms with Crippen LogP contribution in [0.1, 0.15) is 18.9 Å². The van der Waals surface area contributed by atoms with E-state index in [2.05, 4.69) is 30.0 Å². The Morgan fingerprint density at radius 2 is 2.00 bits per heavy atom. The first-order valence-corrected chi connectivity index (χ1v) is 5.00. The summed E-state index contributed by atoms with van der Waals surface area (Å²) >= 11 is 0.